The second-order valence-corrected chi connectivity index (χ2v) is 4.06. The maximum atomic E-state index is 14.1. The highest BCUT2D eigenvalue weighted by Crippen LogP contribution is 2.34. The van der Waals surface area contributed by atoms with Gasteiger partial charge >= 0.3 is 0 Å². The van der Waals surface area contributed by atoms with Crippen LogP contribution in [-0.2, 0) is 10.7 Å². The maximum Gasteiger partial charge on any atom is 0.300 e. The molecule has 1 atom stereocenters. The van der Waals surface area contributed by atoms with Crippen LogP contribution in [-0.4, -0.2) is 25.8 Å². The number of hydrogen-bond acceptors (Lipinski definition) is 2. The highest BCUT2D eigenvalue weighted by molar-refractivity contribution is 5.27. The summed E-state index contributed by atoms with van der Waals surface area (Å²) in [6.07, 6.45) is -1.07. The van der Waals surface area contributed by atoms with Gasteiger partial charge in [-0.2, -0.15) is 8.78 Å². The molecule has 88 valence electrons. The third-order valence-corrected chi connectivity index (χ3v) is 2.73. The summed E-state index contributed by atoms with van der Waals surface area (Å²) in [5, 5.41) is 2.92. The Morgan fingerprint density at radius 3 is 2.88 bits per heavy atom. The number of alkyl halides is 2. The number of ether oxygens (including phenoxy) is 1. The van der Waals surface area contributed by atoms with Crippen LogP contribution in [0.15, 0.2) is 24.3 Å². The van der Waals surface area contributed by atoms with Gasteiger partial charge in [0.15, 0.2) is 0 Å². The predicted octanol–water partition coefficient (Wildman–Crippen LogP) is 2.08. The normalized spacial score (nSPS) is 22.1. The van der Waals surface area contributed by atoms with Crippen LogP contribution < -0.4 is 5.32 Å². The van der Waals surface area contributed by atoms with Gasteiger partial charge in [0.05, 0.1) is 6.61 Å². The van der Waals surface area contributed by atoms with Crippen LogP contribution in [0.5, 0.6) is 0 Å². The lowest BCUT2D eigenvalue weighted by Gasteiger charge is -2.31. The molecule has 0 saturated carbocycles. The average Bonchev–Trinajstić information content (AvgIpc) is 2.30. The number of aryl methyl sites for hydroxylation is 1. The summed E-state index contributed by atoms with van der Waals surface area (Å²) in [5.41, 5.74) is 0.863. The van der Waals surface area contributed by atoms with Gasteiger partial charge in [0.1, 0.15) is 6.10 Å². The van der Waals surface area contributed by atoms with E-state index in [9.17, 15) is 8.78 Å². The van der Waals surface area contributed by atoms with Gasteiger partial charge in [-0.3, -0.25) is 0 Å². The number of halogens is 2. The molecule has 1 unspecified atom stereocenters. The smallest absolute Gasteiger partial charge is 0.300 e. The third-order valence-electron chi connectivity index (χ3n) is 2.73. The van der Waals surface area contributed by atoms with E-state index in [0.717, 1.165) is 5.56 Å². The highest BCUT2D eigenvalue weighted by Gasteiger charge is 2.43. The largest absolute Gasteiger partial charge is 0.369 e. The molecule has 1 heterocycles. The van der Waals surface area contributed by atoms with Crippen molar-refractivity contribution in [1.82, 2.24) is 5.32 Å². The minimum atomic E-state index is -2.93. The molecule has 1 aromatic rings. The van der Waals surface area contributed by atoms with E-state index < -0.39 is 12.0 Å². The summed E-state index contributed by atoms with van der Waals surface area (Å²) in [4.78, 5) is 0. The van der Waals surface area contributed by atoms with E-state index >= 15 is 0 Å². The zero-order chi connectivity index (χ0) is 11.6. The van der Waals surface area contributed by atoms with Crippen molar-refractivity contribution in [3.05, 3.63) is 35.4 Å². The van der Waals surface area contributed by atoms with Crippen molar-refractivity contribution >= 4 is 0 Å². The van der Waals surface area contributed by atoms with Crippen molar-refractivity contribution in [3.63, 3.8) is 0 Å². The second-order valence-electron chi connectivity index (χ2n) is 4.06. The van der Waals surface area contributed by atoms with Crippen molar-refractivity contribution in [3.8, 4) is 0 Å². The van der Waals surface area contributed by atoms with Crippen LogP contribution >= 0.6 is 0 Å². The molecule has 2 nitrogen and oxygen atoms in total. The van der Waals surface area contributed by atoms with E-state index in [-0.39, 0.29) is 12.1 Å². The molecule has 2 rings (SSSR count). The van der Waals surface area contributed by atoms with Gasteiger partial charge in [-0.25, -0.2) is 0 Å². The molecule has 0 spiro atoms. The summed E-state index contributed by atoms with van der Waals surface area (Å²) in [5.74, 6) is -2.93. The van der Waals surface area contributed by atoms with Crippen molar-refractivity contribution in [2.75, 3.05) is 19.7 Å². The summed E-state index contributed by atoms with van der Waals surface area (Å²) in [6.45, 7) is 2.98. The molecule has 1 aliphatic rings. The molecule has 1 N–H and O–H groups in total. The third kappa shape index (κ3) is 2.23. The van der Waals surface area contributed by atoms with Crippen LogP contribution in [0.3, 0.4) is 0 Å². The first-order chi connectivity index (χ1) is 7.60. The molecule has 0 amide bonds. The number of nitrogens with one attached hydrogen (secondary N) is 1. The first-order valence-electron chi connectivity index (χ1n) is 5.38. The maximum absolute atomic E-state index is 14.1. The number of hydrogen-bond donors (Lipinski definition) is 1. The molecular formula is C12H15F2NO. The number of benzene rings is 1. The molecule has 0 radical (unpaired) electrons. The average molecular weight is 227 g/mol. The van der Waals surface area contributed by atoms with Gasteiger partial charge in [0.2, 0.25) is 0 Å². The molecule has 16 heavy (non-hydrogen) atoms. The summed E-state index contributed by atoms with van der Waals surface area (Å²) < 4.78 is 33.2. The van der Waals surface area contributed by atoms with Gasteiger partial charge in [-0.15, -0.1) is 0 Å². The fourth-order valence-corrected chi connectivity index (χ4v) is 1.84. The predicted molar refractivity (Wildman–Crippen MR) is 57.7 cm³/mol. The van der Waals surface area contributed by atoms with Gasteiger partial charge in [-0.05, 0) is 6.92 Å². The molecular weight excluding hydrogens is 212 g/mol. The zero-order valence-corrected chi connectivity index (χ0v) is 9.17. The topological polar surface area (TPSA) is 21.3 Å². The molecule has 1 aliphatic heterocycles. The Hall–Kier alpha value is -1.00. The second kappa shape index (κ2) is 4.47. The van der Waals surface area contributed by atoms with Crippen LogP contribution in [0.4, 0.5) is 8.78 Å². The first-order valence-corrected chi connectivity index (χ1v) is 5.38. The first kappa shape index (κ1) is 11.5. The van der Waals surface area contributed by atoms with Crippen molar-refractivity contribution in [2.45, 2.75) is 19.0 Å². The quantitative estimate of drug-likeness (QED) is 0.835. The van der Waals surface area contributed by atoms with E-state index in [1.54, 1.807) is 19.1 Å². The Morgan fingerprint density at radius 1 is 1.44 bits per heavy atom. The Bertz CT molecular complexity index is 362. The number of morpholine rings is 1. The molecule has 1 fully saturated rings. The van der Waals surface area contributed by atoms with E-state index in [4.69, 9.17) is 4.74 Å². The van der Waals surface area contributed by atoms with Crippen LogP contribution in [0, 0.1) is 6.92 Å². The van der Waals surface area contributed by atoms with Crippen molar-refractivity contribution < 1.29 is 13.5 Å². The van der Waals surface area contributed by atoms with Crippen molar-refractivity contribution in [2.24, 2.45) is 0 Å². The van der Waals surface area contributed by atoms with Crippen LogP contribution in [0.25, 0.3) is 0 Å². The lowest BCUT2D eigenvalue weighted by atomic mass is 10.0. The zero-order valence-electron chi connectivity index (χ0n) is 9.17. The summed E-state index contributed by atoms with van der Waals surface area (Å²) >= 11 is 0. The molecule has 1 aromatic carbocycles. The van der Waals surface area contributed by atoms with E-state index in [1.807, 2.05) is 0 Å². The van der Waals surface area contributed by atoms with Gasteiger partial charge in [-0.1, -0.05) is 29.8 Å². The van der Waals surface area contributed by atoms with Gasteiger partial charge in [0.25, 0.3) is 5.92 Å². The highest BCUT2D eigenvalue weighted by atomic mass is 19.3. The molecule has 0 aromatic heterocycles. The fraction of sp³-hybridized carbons (Fsp3) is 0.500. The lowest BCUT2D eigenvalue weighted by molar-refractivity contribution is -0.151. The van der Waals surface area contributed by atoms with Gasteiger partial charge < -0.3 is 10.1 Å². The van der Waals surface area contributed by atoms with E-state index in [0.29, 0.717) is 13.2 Å². The molecule has 4 heteroatoms. The Morgan fingerprint density at radius 2 is 2.25 bits per heavy atom. The van der Waals surface area contributed by atoms with Crippen LogP contribution in [0.2, 0.25) is 0 Å². The lowest BCUT2D eigenvalue weighted by Crippen LogP contribution is -2.47. The van der Waals surface area contributed by atoms with Gasteiger partial charge in [0, 0.05) is 18.7 Å². The standard InChI is InChI=1S/C12H15F2NO/c1-9-3-2-4-10(7-9)12(13,14)11-8-15-5-6-16-11/h2-4,7,11,15H,5-6,8H2,1H3. The molecule has 0 bridgehead atoms. The Balaban J connectivity index is 2.22. The Labute approximate surface area is 93.6 Å². The monoisotopic (exact) mass is 227 g/mol. The SMILES string of the molecule is Cc1cccc(C(F)(F)C2CNCCO2)c1. The number of rotatable bonds is 2. The van der Waals surface area contributed by atoms with E-state index in [1.165, 1.54) is 12.1 Å². The minimum Gasteiger partial charge on any atom is -0.369 e. The van der Waals surface area contributed by atoms with E-state index in [2.05, 4.69) is 5.32 Å². The fourth-order valence-electron chi connectivity index (χ4n) is 1.84. The molecule has 1 saturated heterocycles. The summed E-state index contributed by atoms with van der Waals surface area (Å²) in [6, 6.07) is 6.41. The van der Waals surface area contributed by atoms with Crippen LogP contribution in [0.1, 0.15) is 11.1 Å². The Kier molecular flexibility index (Phi) is 3.21. The minimum absolute atomic E-state index is 0.0289. The molecule has 0 aliphatic carbocycles. The van der Waals surface area contributed by atoms with Crippen molar-refractivity contribution in [1.29, 1.82) is 0 Å². The summed E-state index contributed by atoms with van der Waals surface area (Å²) in [7, 11) is 0.